The predicted octanol–water partition coefficient (Wildman–Crippen LogP) is 5.46. The Balaban J connectivity index is 2.14. The number of hydrogen-bond acceptors (Lipinski definition) is 0. The van der Waals surface area contributed by atoms with Gasteiger partial charge in [0.25, 0.3) is 0 Å². The minimum absolute atomic E-state index is 0.153. The summed E-state index contributed by atoms with van der Waals surface area (Å²) in [6.45, 7) is 2.36. The summed E-state index contributed by atoms with van der Waals surface area (Å²) in [4.78, 5) is 0. The number of aryl methyl sites for hydroxylation is 1. The van der Waals surface area contributed by atoms with Crippen molar-refractivity contribution in [2.24, 2.45) is 0 Å². The van der Waals surface area contributed by atoms with Crippen LogP contribution in [0.25, 0.3) is 0 Å². The van der Waals surface area contributed by atoms with Crippen molar-refractivity contribution in [1.82, 2.24) is 0 Å². The van der Waals surface area contributed by atoms with Gasteiger partial charge >= 0.3 is 0 Å². The fourth-order valence-electron chi connectivity index (χ4n) is 2.96. The Hall–Kier alpha value is -0.600. The van der Waals surface area contributed by atoms with Gasteiger partial charge in [0.1, 0.15) is 0 Å². The van der Waals surface area contributed by atoms with E-state index < -0.39 is 0 Å². The van der Waals surface area contributed by atoms with Crippen molar-refractivity contribution < 1.29 is 0 Å². The first-order valence-electron chi connectivity index (χ1n) is 6.14. The van der Waals surface area contributed by atoms with E-state index >= 15 is 0 Å². The Kier molecular flexibility index (Phi) is 3.11. The van der Waals surface area contributed by atoms with E-state index in [2.05, 4.69) is 81.2 Å². The zero-order valence-electron chi connectivity index (χ0n) is 10.2. The zero-order chi connectivity index (χ0) is 12.8. The third-order valence-electron chi connectivity index (χ3n) is 4.02. The van der Waals surface area contributed by atoms with Crippen LogP contribution in [0.15, 0.2) is 51.4 Å². The normalized spacial score (nSPS) is 21.9. The first-order chi connectivity index (χ1) is 8.59. The number of benzene rings is 2. The van der Waals surface area contributed by atoms with Gasteiger partial charge in [-0.25, -0.2) is 0 Å². The van der Waals surface area contributed by atoms with Gasteiger partial charge in [-0.3, -0.25) is 0 Å². The van der Waals surface area contributed by atoms with Gasteiger partial charge in [-0.2, -0.15) is 0 Å². The smallest absolute Gasteiger partial charge is 0.0181 e. The molecule has 0 saturated carbocycles. The average Bonchev–Trinajstić information content (AvgIpc) is 2.68. The first kappa shape index (κ1) is 12.4. The Morgan fingerprint density at radius 1 is 1.00 bits per heavy atom. The molecule has 0 saturated heterocycles. The summed E-state index contributed by atoms with van der Waals surface area (Å²) in [7, 11) is 0. The maximum absolute atomic E-state index is 3.58. The molecule has 2 aromatic carbocycles. The Morgan fingerprint density at radius 2 is 1.78 bits per heavy atom. The fraction of sp³-hybridized carbons (Fsp3) is 0.250. The molecule has 0 nitrogen and oxygen atoms in total. The van der Waals surface area contributed by atoms with E-state index in [4.69, 9.17) is 0 Å². The summed E-state index contributed by atoms with van der Waals surface area (Å²) < 4.78 is 2.34. The molecular weight excluding hydrogens is 352 g/mol. The quantitative estimate of drug-likeness (QED) is 0.629. The molecule has 0 fully saturated rings. The fourth-order valence-corrected chi connectivity index (χ4v) is 3.77. The van der Waals surface area contributed by atoms with Gasteiger partial charge in [-0.1, -0.05) is 57.0 Å². The molecule has 0 bridgehead atoms. The largest absolute Gasteiger partial charge is 0.0608 e. The van der Waals surface area contributed by atoms with Gasteiger partial charge in [-0.05, 0) is 53.8 Å². The highest BCUT2D eigenvalue weighted by Crippen LogP contribution is 2.44. The summed E-state index contributed by atoms with van der Waals surface area (Å²) >= 11 is 7.14. The number of rotatable bonds is 1. The van der Waals surface area contributed by atoms with Crippen LogP contribution in [0.3, 0.4) is 0 Å². The van der Waals surface area contributed by atoms with Crippen LogP contribution in [0.2, 0.25) is 0 Å². The lowest BCUT2D eigenvalue weighted by Gasteiger charge is -2.26. The Morgan fingerprint density at radius 3 is 2.56 bits per heavy atom. The minimum Gasteiger partial charge on any atom is -0.0608 e. The standard InChI is InChI=1S/C16H14Br2/c1-16(12-3-2-4-13(17)10-12)8-7-11-9-14(18)5-6-15(11)16/h2-6,9-10H,7-8H2,1H3. The first-order valence-corrected chi connectivity index (χ1v) is 7.73. The molecule has 0 N–H and O–H groups in total. The highest BCUT2D eigenvalue weighted by atomic mass is 79.9. The van der Waals surface area contributed by atoms with Gasteiger partial charge in [-0.15, -0.1) is 0 Å². The minimum atomic E-state index is 0.153. The highest BCUT2D eigenvalue weighted by molar-refractivity contribution is 9.10. The van der Waals surface area contributed by atoms with Crippen LogP contribution in [-0.2, 0) is 11.8 Å². The van der Waals surface area contributed by atoms with Gasteiger partial charge in [0.2, 0.25) is 0 Å². The number of fused-ring (bicyclic) bond motifs is 1. The third kappa shape index (κ3) is 1.96. The second-order valence-electron chi connectivity index (χ2n) is 5.14. The Labute approximate surface area is 125 Å². The van der Waals surface area contributed by atoms with Crippen LogP contribution < -0.4 is 0 Å². The molecule has 1 unspecified atom stereocenters. The second-order valence-corrected chi connectivity index (χ2v) is 6.98. The lowest BCUT2D eigenvalue weighted by Crippen LogP contribution is -2.19. The SMILES string of the molecule is CC1(c2cccc(Br)c2)CCc2cc(Br)ccc21. The van der Waals surface area contributed by atoms with Crippen molar-refractivity contribution in [3.8, 4) is 0 Å². The third-order valence-corrected chi connectivity index (χ3v) is 5.00. The van der Waals surface area contributed by atoms with Gasteiger partial charge in [0.15, 0.2) is 0 Å². The van der Waals surface area contributed by atoms with Crippen LogP contribution in [0.4, 0.5) is 0 Å². The molecule has 92 valence electrons. The maximum atomic E-state index is 3.58. The summed E-state index contributed by atoms with van der Waals surface area (Å²) in [5.74, 6) is 0. The van der Waals surface area contributed by atoms with Crippen LogP contribution in [0.5, 0.6) is 0 Å². The Bertz CT molecular complexity index is 604. The summed E-state index contributed by atoms with van der Waals surface area (Å²) in [5.41, 5.74) is 4.51. The van der Waals surface area contributed by atoms with Crippen molar-refractivity contribution in [2.75, 3.05) is 0 Å². The van der Waals surface area contributed by atoms with Crippen molar-refractivity contribution in [3.63, 3.8) is 0 Å². The van der Waals surface area contributed by atoms with E-state index in [9.17, 15) is 0 Å². The molecule has 2 aromatic rings. The average molecular weight is 366 g/mol. The van der Waals surface area contributed by atoms with Crippen LogP contribution in [0, 0.1) is 0 Å². The van der Waals surface area contributed by atoms with E-state index in [1.165, 1.54) is 27.6 Å². The lowest BCUT2D eigenvalue weighted by atomic mass is 9.77. The molecule has 0 spiro atoms. The van der Waals surface area contributed by atoms with Gasteiger partial charge in [0, 0.05) is 14.4 Å². The molecular formula is C16H14Br2. The van der Waals surface area contributed by atoms with Crippen LogP contribution in [0.1, 0.15) is 30.0 Å². The van der Waals surface area contributed by atoms with Crippen LogP contribution in [-0.4, -0.2) is 0 Å². The number of halogens is 2. The molecule has 2 heteroatoms. The zero-order valence-corrected chi connectivity index (χ0v) is 13.4. The van der Waals surface area contributed by atoms with Gasteiger partial charge in [0.05, 0.1) is 0 Å². The van der Waals surface area contributed by atoms with E-state index in [1.807, 2.05) is 0 Å². The lowest BCUT2D eigenvalue weighted by molar-refractivity contribution is 0.566. The van der Waals surface area contributed by atoms with Crippen molar-refractivity contribution >= 4 is 31.9 Å². The summed E-state index contributed by atoms with van der Waals surface area (Å²) in [5, 5.41) is 0. The highest BCUT2D eigenvalue weighted by Gasteiger charge is 2.35. The molecule has 1 atom stereocenters. The number of hydrogen-bond donors (Lipinski definition) is 0. The van der Waals surface area contributed by atoms with Gasteiger partial charge < -0.3 is 0 Å². The molecule has 0 aliphatic heterocycles. The summed E-state index contributed by atoms with van der Waals surface area (Å²) in [6, 6.07) is 15.4. The van der Waals surface area contributed by atoms with E-state index in [0.29, 0.717) is 0 Å². The van der Waals surface area contributed by atoms with Crippen molar-refractivity contribution in [1.29, 1.82) is 0 Å². The molecule has 1 aliphatic rings. The monoisotopic (exact) mass is 364 g/mol. The van der Waals surface area contributed by atoms with E-state index in [0.717, 1.165) is 10.9 Å². The molecule has 0 amide bonds. The van der Waals surface area contributed by atoms with Crippen LogP contribution >= 0.6 is 31.9 Å². The molecule has 0 radical (unpaired) electrons. The predicted molar refractivity (Wildman–Crippen MR) is 83.1 cm³/mol. The topological polar surface area (TPSA) is 0 Å². The molecule has 1 aliphatic carbocycles. The van der Waals surface area contributed by atoms with Crippen molar-refractivity contribution in [3.05, 3.63) is 68.1 Å². The molecule has 18 heavy (non-hydrogen) atoms. The molecule has 0 aromatic heterocycles. The molecule has 3 rings (SSSR count). The maximum Gasteiger partial charge on any atom is 0.0181 e. The van der Waals surface area contributed by atoms with E-state index in [-0.39, 0.29) is 5.41 Å². The summed E-state index contributed by atoms with van der Waals surface area (Å²) in [6.07, 6.45) is 2.35. The van der Waals surface area contributed by atoms with E-state index in [1.54, 1.807) is 0 Å². The van der Waals surface area contributed by atoms with Crippen molar-refractivity contribution in [2.45, 2.75) is 25.2 Å². The molecule has 0 heterocycles. The second kappa shape index (κ2) is 4.50.